The average Bonchev–Trinajstić information content (AvgIpc) is 2.42. The van der Waals surface area contributed by atoms with Gasteiger partial charge in [-0.15, -0.1) is 11.6 Å². The molecule has 0 aromatic heterocycles. The summed E-state index contributed by atoms with van der Waals surface area (Å²) in [6, 6.07) is 13.5. The van der Waals surface area contributed by atoms with Crippen molar-refractivity contribution in [1.82, 2.24) is 0 Å². The van der Waals surface area contributed by atoms with E-state index in [-0.39, 0.29) is 5.82 Å². The fourth-order valence-electron chi connectivity index (χ4n) is 2.19. The van der Waals surface area contributed by atoms with Crippen LogP contribution in [0.5, 0.6) is 0 Å². The molecule has 0 saturated carbocycles. The lowest BCUT2D eigenvalue weighted by atomic mass is 10.00. The Morgan fingerprint density at radius 1 is 1.11 bits per heavy atom. The van der Waals surface area contributed by atoms with Crippen molar-refractivity contribution in [1.29, 1.82) is 0 Å². The van der Waals surface area contributed by atoms with Crippen LogP contribution in [0.25, 0.3) is 0 Å². The Morgan fingerprint density at radius 3 is 2.42 bits per heavy atom. The Morgan fingerprint density at radius 2 is 1.79 bits per heavy atom. The van der Waals surface area contributed by atoms with Crippen molar-refractivity contribution < 1.29 is 4.39 Å². The molecule has 0 N–H and O–H groups in total. The molecule has 1 unspecified atom stereocenters. The minimum Gasteiger partial charge on any atom is -0.206 e. The smallest absolute Gasteiger partial charge is 0.131 e. The molecule has 2 heteroatoms. The normalized spacial score (nSPS) is 12.4. The molecule has 0 aliphatic rings. The molecule has 1 atom stereocenters. The van der Waals surface area contributed by atoms with Gasteiger partial charge >= 0.3 is 0 Å². The lowest BCUT2D eigenvalue weighted by molar-refractivity contribution is 0.603. The van der Waals surface area contributed by atoms with E-state index in [0.29, 0.717) is 11.1 Å². The van der Waals surface area contributed by atoms with E-state index in [1.807, 2.05) is 18.2 Å². The highest BCUT2D eigenvalue weighted by atomic mass is 35.5. The van der Waals surface area contributed by atoms with E-state index in [2.05, 4.69) is 19.1 Å². The maximum atomic E-state index is 14.1. The second-order valence-electron chi connectivity index (χ2n) is 4.83. The van der Waals surface area contributed by atoms with Gasteiger partial charge in [-0.25, -0.2) is 4.39 Å². The van der Waals surface area contributed by atoms with Crippen molar-refractivity contribution >= 4 is 11.6 Å². The highest BCUT2D eigenvalue weighted by Gasteiger charge is 2.16. The van der Waals surface area contributed by atoms with E-state index < -0.39 is 5.38 Å². The van der Waals surface area contributed by atoms with E-state index in [1.165, 1.54) is 5.56 Å². The van der Waals surface area contributed by atoms with Crippen LogP contribution in [-0.4, -0.2) is 0 Å². The first-order valence-electron chi connectivity index (χ1n) is 6.61. The largest absolute Gasteiger partial charge is 0.206 e. The number of alkyl halides is 1. The average molecular weight is 277 g/mol. The molecule has 0 nitrogen and oxygen atoms in total. The van der Waals surface area contributed by atoms with E-state index in [4.69, 9.17) is 11.6 Å². The van der Waals surface area contributed by atoms with Gasteiger partial charge in [-0.05, 0) is 30.0 Å². The number of rotatable bonds is 4. The van der Waals surface area contributed by atoms with Crippen LogP contribution in [0.4, 0.5) is 4.39 Å². The predicted molar refractivity (Wildman–Crippen MR) is 79.3 cm³/mol. The molecule has 2 aromatic rings. The number of hydrogen-bond donors (Lipinski definition) is 0. The summed E-state index contributed by atoms with van der Waals surface area (Å²) in [5.41, 5.74) is 3.40. The molecular weight excluding hydrogens is 259 g/mol. The predicted octanol–water partition coefficient (Wildman–Crippen LogP) is 5.41. The van der Waals surface area contributed by atoms with Gasteiger partial charge in [0.05, 0.1) is 5.38 Å². The van der Waals surface area contributed by atoms with Crippen LogP contribution in [0.1, 0.15) is 41.0 Å². The van der Waals surface area contributed by atoms with Crippen molar-refractivity contribution in [3.8, 4) is 0 Å². The third-order valence-corrected chi connectivity index (χ3v) is 3.79. The summed E-state index contributed by atoms with van der Waals surface area (Å²) < 4.78 is 14.1. The lowest BCUT2D eigenvalue weighted by Gasteiger charge is -2.13. The third-order valence-electron chi connectivity index (χ3n) is 3.31. The second kappa shape index (κ2) is 6.21. The zero-order valence-electron chi connectivity index (χ0n) is 11.3. The molecule has 100 valence electrons. The SMILES string of the molecule is CCCc1ccc(C(Cl)c2cccc(C)c2F)cc1. The highest BCUT2D eigenvalue weighted by molar-refractivity contribution is 6.22. The van der Waals surface area contributed by atoms with Crippen molar-refractivity contribution in [2.75, 3.05) is 0 Å². The van der Waals surface area contributed by atoms with E-state index in [1.54, 1.807) is 19.1 Å². The Labute approximate surface area is 119 Å². The molecule has 0 aliphatic carbocycles. The van der Waals surface area contributed by atoms with E-state index in [0.717, 1.165) is 18.4 Å². The molecule has 0 spiro atoms. The van der Waals surface area contributed by atoms with E-state index >= 15 is 0 Å². The molecule has 0 bridgehead atoms. The zero-order chi connectivity index (χ0) is 13.8. The first-order chi connectivity index (χ1) is 9.13. The summed E-state index contributed by atoms with van der Waals surface area (Å²) in [4.78, 5) is 0. The Bertz CT molecular complexity index is 546. The fourth-order valence-corrected chi connectivity index (χ4v) is 2.50. The molecule has 0 aliphatic heterocycles. The van der Waals surface area contributed by atoms with Crippen LogP contribution < -0.4 is 0 Å². The van der Waals surface area contributed by atoms with Crippen LogP contribution in [0.2, 0.25) is 0 Å². The molecule has 2 rings (SSSR count). The van der Waals surface area contributed by atoms with Gasteiger partial charge in [0.15, 0.2) is 0 Å². The summed E-state index contributed by atoms with van der Waals surface area (Å²) in [7, 11) is 0. The Hall–Kier alpha value is -1.34. The molecule has 0 saturated heterocycles. The minimum atomic E-state index is -0.435. The lowest BCUT2D eigenvalue weighted by Crippen LogP contribution is -1.99. The first kappa shape index (κ1) is 14.1. The second-order valence-corrected chi connectivity index (χ2v) is 5.27. The first-order valence-corrected chi connectivity index (χ1v) is 7.05. The Kier molecular flexibility index (Phi) is 4.60. The van der Waals surface area contributed by atoms with Crippen molar-refractivity contribution in [2.45, 2.75) is 32.1 Å². The molecule has 0 heterocycles. The van der Waals surface area contributed by atoms with E-state index in [9.17, 15) is 4.39 Å². The van der Waals surface area contributed by atoms with Gasteiger partial charge in [0.1, 0.15) is 5.82 Å². The van der Waals surface area contributed by atoms with Gasteiger partial charge in [0.2, 0.25) is 0 Å². The number of halogens is 2. The highest BCUT2D eigenvalue weighted by Crippen LogP contribution is 2.31. The van der Waals surface area contributed by atoms with Crippen molar-refractivity contribution in [2.24, 2.45) is 0 Å². The van der Waals surface area contributed by atoms with Crippen LogP contribution in [0, 0.1) is 12.7 Å². The Balaban J connectivity index is 2.28. The summed E-state index contributed by atoms with van der Waals surface area (Å²) in [5.74, 6) is -0.208. The van der Waals surface area contributed by atoms with Gasteiger partial charge in [-0.3, -0.25) is 0 Å². The van der Waals surface area contributed by atoms with Crippen molar-refractivity contribution in [3.05, 3.63) is 70.5 Å². The minimum absolute atomic E-state index is 0.208. The fraction of sp³-hybridized carbons (Fsp3) is 0.294. The summed E-state index contributed by atoms with van der Waals surface area (Å²) in [6.07, 6.45) is 2.18. The maximum absolute atomic E-state index is 14.1. The summed E-state index contributed by atoms with van der Waals surface area (Å²) in [5, 5.41) is -0.435. The van der Waals surface area contributed by atoms with Gasteiger partial charge < -0.3 is 0 Å². The van der Waals surface area contributed by atoms with Gasteiger partial charge in [-0.1, -0.05) is 55.8 Å². The standard InChI is InChI=1S/C17H18ClF/c1-3-5-13-8-10-14(11-9-13)16(18)15-7-4-6-12(2)17(15)19/h4,6-11,16H,3,5H2,1-2H3. The van der Waals surface area contributed by atoms with Crippen molar-refractivity contribution in [3.63, 3.8) is 0 Å². The molecule has 19 heavy (non-hydrogen) atoms. The van der Waals surface area contributed by atoms with Gasteiger partial charge in [-0.2, -0.15) is 0 Å². The molecule has 0 amide bonds. The monoisotopic (exact) mass is 276 g/mol. The van der Waals surface area contributed by atoms with Gasteiger partial charge in [0.25, 0.3) is 0 Å². The van der Waals surface area contributed by atoms with Crippen LogP contribution >= 0.6 is 11.6 Å². The molecule has 0 fully saturated rings. The summed E-state index contributed by atoms with van der Waals surface area (Å²) in [6.45, 7) is 3.91. The van der Waals surface area contributed by atoms with Gasteiger partial charge in [0, 0.05) is 5.56 Å². The third kappa shape index (κ3) is 3.16. The molecule has 2 aromatic carbocycles. The van der Waals surface area contributed by atoms with Crippen LogP contribution in [-0.2, 0) is 6.42 Å². The van der Waals surface area contributed by atoms with Crippen LogP contribution in [0.15, 0.2) is 42.5 Å². The molecular formula is C17H18ClF. The topological polar surface area (TPSA) is 0 Å². The quantitative estimate of drug-likeness (QED) is 0.655. The number of aryl methyl sites for hydroxylation is 2. The number of hydrogen-bond acceptors (Lipinski definition) is 0. The summed E-state index contributed by atoms with van der Waals surface area (Å²) >= 11 is 6.40. The number of benzene rings is 2. The maximum Gasteiger partial charge on any atom is 0.131 e. The van der Waals surface area contributed by atoms with Crippen LogP contribution in [0.3, 0.4) is 0 Å². The molecule has 0 radical (unpaired) electrons. The zero-order valence-corrected chi connectivity index (χ0v) is 12.0.